The number of rotatable bonds is 10. The Labute approximate surface area is 276 Å². The Morgan fingerprint density at radius 1 is 0.854 bits per heavy atom. The van der Waals surface area contributed by atoms with Crippen LogP contribution >= 0.6 is 0 Å². The smallest absolute Gasteiger partial charge is 0.338 e. The molecule has 4 aromatic carbocycles. The molecule has 1 aliphatic heterocycles. The van der Waals surface area contributed by atoms with Crippen LogP contribution in [0.3, 0.4) is 0 Å². The average Bonchev–Trinajstić information content (AvgIpc) is 3.71. The SMILES string of the molecule is COc1ccc(C(=O)O[C@H]2[C@@H](O)[C@H](n3cnc4c(N)ncnc43)O[C@@H]2COC(c2ccccc2)(c2ccccc2)c2ccccc2)cc1. The second-order valence-corrected chi connectivity index (χ2v) is 11.3. The summed E-state index contributed by atoms with van der Waals surface area (Å²) in [6.45, 7) is -0.0729. The lowest BCUT2D eigenvalue weighted by molar-refractivity contribution is -0.0960. The number of hydrogen-bond donors (Lipinski definition) is 2. The van der Waals surface area contributed by atoms with Crippen molar-refractivity contribution in [1.82, 2.24) is 19.5 Å². The van der Waals surface area contributed by atoms with Crippen LogP contribution in [0.15, 0.2) is 128 Å². The van der Waals surface area contributed by atoms with Gasteiger partial charge in [-0.1, -0.05) is 91.0 Å². The normalized spacial score (nSPS) is 19.3. The fraction of sp³-hybridized carbons (Fsp3) is 0.189. The number of aromatic nitrogens is 4. The highest BCUT2D eigenvalue weighted by molar-refractivity contribution is 5.89. The zero-order valence-corrected chi connectivity index (χ0v) is 26.0. The lowest BCUT2D eigenvalue weighted by atomic mass is 9.80. The maximum atomic E-state index is 13.5. The number of anilines is 1. The van der Waals surface area contributed by atoms with E-state index in [1.54, 1.807) is 35.9 Å². The molecule has 0 amide bonds. The lowest BCUT2D eigenvalue weighted by Gasteiger charge is -2.37. The molecular weight excluding hydrogens is 610 g/mol. The third-order valence-electron chi connectivity index (χ3n) is 8.54. The van der Waals surface area contributed by atoms with E-state index in [1.807, 2.05) is 91.0 Å². The van der Waals surface area contributed by atoms with Crippen LogP contribution in [-0.2, 0) is 19.8 Å². The highest BCUT2D eigenvalue weighted by Crippen LogP contribution is 2.42. The number of nitrogen functional groups attached to an aromatic ring is 1. The third kappa shape index (κ3) is 5.64. The number of methoxy groups -OCH3 is 1. The number of aliphatic hydroxyl groups is 1. The average molecular weight is 644 g/mol. The van der Waals surface area contributed by atoms with E-state index in [-0.39, 0.29) is 18.0 Å². The summed E-state index contributed by atoms with van der Waals surface area (Å²) in [6.07, 6.45) is -1.63. The second-order valence-electron chi connectivity index (χ2n) is 11.3. The fourth-order valence-electron chi connectivity index (χ4n) is 6.18. The predicted octanol–water partition coefficient (Wildman–Crippen LogP) is 4.91. The number of nitrogens with zero attached hydrogens (tertiary/aromatic N) is 4. The number of carbonyl (C=O) groups is 1. The van der Waals surface area contributed by atoms with Crippen molar-refractivity contribution in [3.8, 4) is 5.75 Å². The number of carbonyl (C=O) groups excluding carboxylic acids is 1. The van der Waals surface area contributed by atoms with Crippen molar-refractivity contribution in [3.05, 3.63) is 150 Å². The molecule has 3 N–H and O–H groups in total. The van der Waals surface area contributed by atoms with Gasteiger partial charge in [0.2, 0.25) is 0 Å². The zero-order valence-electron chi connectivity index (χ0n) is 26.0. The van der Waals surface area contributed by atoms with Crippen molar-refractivity contribution in [3.63, 3.8) is 0 Å². The maximum absolute atomic E-state index is 13.5. The van der Waals surface area contributed by atoms with Gasteiger partial charge in [0.25, 0.3) is 0 Å². The molecule has 6 aromatic rings. The Balaban J connectivity index is 1.28. The minimum atomic E-state index is -1.33. The molecule has 7 rings (SSSR count). The Morgan fingerprint density at radius 2 is 1.44 bits per heavy atom. The Kier molecular flexibility index (Phi) is 8.55. The van der Waals surface area contributed by atoms with E-state index >= 15 is 0 Å². The van der Waals surface area contributed by atoms with Crippen LogP contribution in [0.5, 0.6) is 5.75 Å². The summed E-state index contributed by atoms with van der Waals surface area (Å²) in [5.74, 6) is 0.139. The van der Waals surface area contributed by atoms with Crippen LogP contribution in [0.2, 0.25) is 0 Å². The van der Waals surface area contributed by atoms with Crippen molar-refractivity contribution in [2.24, 2.45) is 0 Å². The predicted molar refractivity (Wildman–Crippen MR) is 177 cm³/mol. The molecule has 0 unspecified atom stereocenters. The molecule has 1 saturated heterocycles. The van der Waals surface area contributed by atoms with E-state index in [0.717, 1.165) is 16.7 Å². The summed E-state index contributed by atoms with van der Waals surface area (Å²) in [4.78, 5) is 26.2. The molecule has 0 spiro atoms. The summed E-state index contributed by atoms with van der Waals surface area (Å²) < 4.78 is 26.3. The van der Waals surface area contributed by atoms with E-state index in [0.29, 0.717) is 16.9 Å². The van der Waals surface area contributed by atoms with Gasteiger partial charge in [-0.25, -0.2) is 19.7 Å². The van der Waals surface area contributed by atoms with Crippen molar-refractivity contribution in [1.29, 1.82) is 0 Å². The molecule has 0 bridgehead atoms. The van der Waals surface area contributed by atoms with Crippen LogP contribution < -0.4 is 10.5 Å². The topological polar surface area (TPSA) is 144 Å². The van der Waals surface area contributed by atoms with Gasteiger partial charge in [0, 0.05) is 0 Å². The number of esters is 1. The largest absolute Gasteiger partial charge is 0.497 e. The van der Waals surface area contributed by atoms with Gasteiger partial charge < -0.3 is 29.8 Å². The van der Waals surface area contributed by atoms with Crippen molar-refractivity contribution >= 4 is 23.0 Å². The number of hydrogen-bond acceptors (Lipinski definition) is 10. The van der Waals surface area contributed by atoms with E-state index in [1.165, 1.54) is 12.7 Å². The van der Waals surface area contributed by atoms with Gasteiger partial charge in [0.15, 0.2) is 23.8 Å². The first-order valence-corrected chi connectivity index (χ1v) is 15.4. The standard InChI is InChI=1S/C37H33N5O6/c1-45-28-19-17-24(18-20-28)36(44)48-32-29(47-35(31(32)43)42-23-41-30-33(38)39-22-40-34(30)42)21-46-37(25-11-5-2-6-12-25,26-13-7-3-8-14-26)27-15-9-4-10-16-27/h2-20,22-23,29,31-32,35,43H,21H2,1H3,(H2,38,39,40)/t29-,31-,32-,35-/m1/s1. The molecule has 2 aromatic heterocycles. The third-order valence-corrected chi connectivity index (χ3v) is 8.54. The second kappa shape index (κ2) is 13.2. The van der Waals surface area contributed by atoms with E-state index < -0.39 is 36.1 Å². The number of aliphatic hydroxyl groups excluding tert-OH is 1. The van der Waals surface area contributed by atoms with Crippen LogP contribution in [0, 0.1) is 0 Å². The lowest BCUT2D eigenvalue weighted by Crippen LogP contribution is -2.41. The summed E-state index contributed by atoms with van der Waals surface area (Å²) in [5, 5.41) is 11.8. The molecule has 1 fully saturated rings. The van der Waals surface area contributed by atoms with Crippen molar-refractivity contribution in [2.75, 3.05) is 19.5 Å². The van der Waals surface area contributed by atoms with Crippen LogP contribution in [-0.4, -0.2) is 62.6 Å². The molecule has 3 heterocycles. The summed E-state index contributed by atoms with van der Waals surface area (Å²) in [5.41, 5.74) is 8.62. The van der Waals surface area contributed by atoms with Crippen molar-refractivity contribution in [2.45, 2.75) is 30.1 Å². The Morgan fingerprint density at radius 3 is 2.00 bits per heavy atom. The van der Waals surface area contributed by atoms with Gasteiger partial charge in [-0.2, -0.15) is 0 Å². The zero-order chi connectivity index (χ0) is 33.1. The van der Waals surface area contributed by atoms with Crippen LogP contribution in [0.25, 0.3) is 11.2 Å². The van der Waals surface area contributed by atoms with Gasteiger partial charge in [0.05, 0.1) is 25.6 Å². The minimum Gasteiger partial charge on any atom is -0.497 e. The number of imidazole rings is 1. The van der Waals surface area contributed by atoms with Gasteiger partial charge in [-0.05, 0) is 41.0 Å². The van der Waals surface area contributed by atoms with Gasteiger partial charge >= 0.3 is 5.97 Å². The quantitative estimate of drug-likeness (QED) is 0.156. The number of benzene rings is 4. The minimum absolute atomic E-state index is 0.0729. The molecule has 1 aliphatic rings. The summed E-state index contributed by atoms with van der Waals surface area (Å²) in [7, 11) is 1.54. The molecule has 0 aliphatic carbocycles. The van der Waals surface area contributed by atoms with E-state index in [9.17, 15) is 9.90 Å². The van der Waals surface area contributed by atoms with Crippen molar-refractivity contribution < 1.29 is 28.8 Å². The highest BCUT2D eigenvalue weighted by Gasteiger charge is 2.49. The fourth-order valence-corrected chi connectivity index (χ4v) is 6.18. The Hall–Kier alpha value is -5.62. The van der Waals surface area contributed by atoms with E-state index in [4.69, 9.17) is 24.7 Å². The first-order chi connectivity index (χ1) is 23.5. The van der Waals surface area contributed by atoms with Crippen LogP contribution in [0.1, 0.15) is 33.3 Å². The molecule has 242 valence electrons. The first-order valence-electron chi connectivity index (χ1n) is 15.4. The summed E-state index contributed by atoms with van der Waals surface area (Å²) in [6, 6.07) is 36.2. The first kappa shape index (κ1) is 31.0. The van der Waals surface area contributed by atoms with Crippen LogP contribution in [0.4, 0.5) is 5.82 Å². The summed E-state index contributed by atoms with van der Waals surface area (Å²) >= 11 is 0. The van der Waals surface area contributed by atoms with Gasteiger partial charge in [-0.3, -0.25) is 4.57 Å². The van der Waals surface area contributed by atoms with Gasteiger partial charge in [0.1, 0.15) is 35.4 Å². The molecular formula is C37H33N5O6. The molecule has 0 saturated carbocycles. The van der Waals surface area contributed by atoms with E-state index in [2.05, 4.69) is 15.0 Å². The maximum Gasteiger partial charge on any atom is 0.338 e. The number of fused-ring (bicyclic) bond motifs is 1. The molecule has 4 atom stereocenters. The molecule has 11 heteroatoms. The molecule has 0 radical (unpaired) electrons. The molecule has 11 nitrogen and oxygen atoms in total. The monoisotopic (exact) mass is 643 g/mol. The van der Waals surface area contributed by atoms with Gasteiger partial charge in [-0.15, -0.1) is 0 Å². The molecule has 48 heavy (non-hydrogen) atoms. The highest BCUT2D eigenvalue weighted by atomic mass is 16.6. The number of ether oxygens (including phenoxy) is 4. The Bertz CT molecular complexity index is 1890. The number of nitrogens with two attached hydrogens (primary N) is 1.